The van der Waals surface area contributed by atoms with Gasteiger partial charge in [0.1, 0.15) is 17.4 Å². The van der Waals surface area contributed by atoms with Gasteiger partial charge in [-0.15, -0.1) is 0 Å². The van der Waals surface area contributed by atoms with Crippen LogP contribution in [0.5, 0.6) is 5.75 Å². The van der Waals surface area contributed by atoms with Crippen LogP contribution in [-0.4, -0.2) is 30.8 Å². The van der Waals surface area contributed by atoms with E-state index in [4.69, 9.17) is 21.1 Å². The number of halogens is 1. The van der Waals surface area contributed by atoms with Gasteiger partial charge >= 0.3 is 6.09 Å². The van der Waals surface area contributed by atoms with Crippen LogP contribution in [-0.2, 0) is 9.53 Å². The monoisotopic (exact) mass is 328 g/mol. The standard InChI is InChI=1S/C15H21ClN2O4/c1-9(17-14(20)22-15(2,3)4)13(19)18-11-8-10(16)6-7-12(11)21-5/h6-9H,1-5H3,(H,17,20)(H,18,19)/t9-/m0/s1. The summed E-state index contributed by atoms with van der Waals surface area (Å²) in [5, 5.41) is 5.58. The summed E-state index contributed by atoms with van der Waals surface area (Å²) in [5.74, 6) is 0.0636. The smallest absolute Gasteiger partial charge is 0.408 e. The number of hydrogen-bond acceptors (Lipinski definition) is 4. The van der Waals surface area contributed by atoms with Gasteiger partial charge < -0.3 is 20.1 Å². The van der Waals surface area contributed by atoms with Crippen molar-refractivity contribution in [3.63, 3.8) is 0 Å². The summed E-state index contributed by atoms with van der Waals surface area (Å²) in [6.45, 7) is 6.78. The molecule has 1 aromatic rings. The fourth-order valence-corrected chi connectivity index (χ4v) is 1.74. The number of alkyl carbamates (subject to hydrolysis) is 1. The van der Waals surface area contributed by atoms with Crippen molar-refractivity contribution >= 4 is 29.3 Å². The van der Waals surface area contributed by atoms with Crippen LogP contribution in [0.1, 0.15) is 27.7 Å². The molecule has 22 heavy (non-hydrogen) atoms. The second-order valence-electron chi connectivity index (χ2n) is 5.70. The highest BCUT2D eigenvalue weighted by molar-refractivity contribution is 6.31. The van der Waals surface area contributed by atoms with Crippen LogP contribution in [0, 0.1) is 0 Å². The van der Waals surface area contributed by atoms with Crippen molar-refractivity contribution in [1.29, 1.82) is 0 Å². The van der Waals surface area contributed by atoms with E-state index in [0.29, 0.717) is 16.5 Å². The Labute approximate surface area is 135 Å². The molecule has 0 aliphatic heterocycles. The second kappa shape index (κ2) is 7.35. The molecule has 1 rings (SSSR count). The Morgan fingerprint density at radius 3 is 2.45 bits per heavy atom. The van der Waals surface area contributed by atoms with E-state index >= 15 is 0 Å². The molecule has 1 atom stereocenters. The molecule has 2 N–H and O–H groups in total. The van der Waals surface area contributed by atoms with Gasteiger partial charge in [0.2, 0.25) is 5.91 Å². The van der Waals surface area contributed by atoms with Gasteiger partial charge in [0.05, 0.1) is 12.8 Å². The van der Waals surface area contributed by atoms with E-state index < -0.39 is 23.6 Å². The summed E-state index contributed by atoms with van der Waals surface area (Å²) in [7, 11) is 1.49. The quantitative estimate of drug-likeness (QED) is 0.889. The minimum atomic E-state index is -0.779. The maximum absolute atomic E-state index is 12.1. The average molecular weight is 329 g/mol. The molecule has 0 aliphatic carbocycles. The van der Waals surface area contributed by atoms with Gasteiger partial charge in [-0.05, 0) is 45.9 Å². The van der Waals surface area contributed by atoms with E-state index in [9.17, 15) is 9.59 Å². The Balaban J connectivity index is 2.69. The number of amides is 2. The molecule has 0 aliphatic rings. The zero-order valence-electron chi connectivity index (χ0n) is 13.3. The van der Waals surface area contributed by atoms with E-state index in [-0.39, 0.29) is 0 Å². The van der Waals surface area contributed by atoms with Gasteiger partial charge in [-0.25, -0.2) is 4.79 Å². The summed E-state index contributed by atoms with van der Waals surface area (Å²) in [6.07, 6.45) is -0.659. The van der Waals surface area contributed by atoms with Crippen LogP contribution in [0.3, 0.4) is 0 Å². The predicted octanol–water partition coefficient (Wildman–Crippen LogP) is 3.20. The SMILES string of the molecule is COc1ccc(Cl)cc1NC(=O)[C@H](C)NC(=O)OC(C)(C)C. The summed E-state index contributed by atoms with van der Waals surface area (Å²) in [5.41, 5.74) is -0.200. The lowest BCUT2D eigenvalue weighted by Crippen LogP contribution is -2.44. The molecule has 7 heteroatoms. The number of carbonyl (C=O) groups is 2. The molecule has 0 spiro atoms. The van der Waals surface area contributed by atoms with Crippen molar-refractivity contribution in [3.8, 4) is 5.75 Å². The Morgan fingerprint density at radius 1 is 1.27 bits per heavy atom. The number of methoxy groups -OCH3 is 1. The molecule has 2 amide bonds. The molecule has 0 aromatic heterocycles. The topological polar surface area (TPSA) is 76.7 Å². The summed E-state index contributed by atoms with van der Waals surface area (Å²) < 4.78 is 10.2. The molecule has 0 heterocycles. The molecule has 1 aromatic carbocycles. The van der Waals surface area contributed by atoms with Crippen molar-refractivity contribution in [3.05, 3.63) is 23.2 Å². The average Bonchev–Trinajstić information content (AvgIpc) is 2.36. The van der Waals surface area contributed by atoms with Gasteiger partial charge in [-0.2, -0.15) is 0 Å². The van der Waals surface area contributed by atoms with Crippen LogP contribution in [0.4, 0.5) is 10.5 Å². The number of benzene rings is 1. The fourth-order valence-electron chi connectivity index (χ4n) is 1.57. The Hall–Kier alpha value is -1.95. The molecule has 0 radical (unpaired) electrons. The molecular weight excluding hydrogens is 308 g/mol. The molecule has 0 saturated carbocycles. The predicted molar refractivity (Wildman–Crippen MR) is 85.5 cm³/mol. The van der Waals surface area contributed by atoms with Crippen LogP contribution in [0.15, 0.2) is 18.2 Å². The first-order valence-electron chi connectivity index (χ1n) is 6.76. The van der Waals surface area contributed by atoms with Crippen LogP contribution in [0.2, 0.25) is 5.02 Å². The molecular formula is C15H21ClN2O4. The van der Waals surface area contributed by atoms with Crippen molar-refractivity contribution in [2.24, 2.45) is 0 Å². The largest absolute Gasteiger partial charge is 0.495 e. The third-order valence-electron chi connectivity index (χ3n) is 2.55. The number of hydrogen-bond donors (Lipinski definition) is 2. The third kappa shape index (κ3) is 5.81. The van der Waals surface area contributed by atoms with Crippen LogP contribution in [0.25, 0.3) is 0 Å². The summed E-state index contributed by atoms with van der Waals surface area (Å²) >= 11 is 5.90. The van der Waals surface area contributed by atoms with Crippen molar-refractivity contribution in [1.82, 2.24) is 5.32 Å². The number of ether oxygens (including phenoxy) is 2. The number of nitrogens with one attached hydrogen (secondary N) is 2. The highest BCUT2D eigenvalue weighted by Crippen LogP contribution is 2.27. The molecule has 0 unspecified atom stereocenters. The van der Waals surface area contributed by atoms with Crippen molar-refractivity contribution in [2.75, 3.05) is 12.4 Å². The van der Waals surface area contributed by atoms with Gasteiger partial charge in [0.15, 0.2) is 0 Å². The molecule has 0 fully saturated rings. The minimum Gasteiger partial charge on any atom is -0.495 e. The summed E-state index contributed by atoms with van der Waals surface area (Å²) in [4.78, 5) is 23.8. The lowest BCUT2D eigenvalue weighted by molar-refractivity contribution is -0.117. The molecule has 122 valence electrons. The molecule has 6 nitrogen and oxygen atoms in total. The van der Waals surface area contributed by atoms with Gasteiger partial charge in [0.25, 0.3) is 0 Å². The van der Waals surface area contributed by atoms with E-state index in [2.05, 4.69) is 10.6 Å². The first kappa shape index (κ1) is 18.1. The van der Waals surface area contributed by atoms with E-state index in [1.807, 2.05) is 0 Å². The fraction of sp³-hybridized carbons (Fsp3) is 0.467. The zero-order valence-corrected chi connectivity index (χ0v) is 14.1. The van der Waals surface area contributed by atoms with E-state index in [0.717, 1.165) is 0 Å². The minimum absolute atomic E-state index is 0.411. The van der Waals surface area contributed by atoms with Crippen LogP contribution >= 0.6 is 11.6 Å². The molecule has 0 bridgehead atoms. The maximum Gasteiger partial charge on any atom is 0.408 e. The molecule has 0 saturated heterocycles. The normalized spacial score (nSPS) is 12.3. The zero-order chi connectivity index (χ0) is 16.9. The Kier molecular flexibility index (Phi) is 6.05. The van der Waals surface area contributed by atoms with E-state index in [1.165, 1.54) is 7.11 Å². The van der Waals surface area contributed by atoms with Gasteiger partial charge in [0, 0.05) is 5.02 Å². The van der Waals surface area contributed by atoms with E-state index in [1.54, 1.807) is 45.9 Å². The third-order valence-corrected chi connectivity index (χ3v) is 2.78. The lowest BCUT2D eigenvalue weighted by atomic mass is 10.2. The van der Waals surface area contributed by atoms with Crippen molar-refractivity contribution in [2.45, 2.75) is 39.3 Å². The highest BCUT2D eigenvalue weighted by atomic mass is 35.5. The Morgan fingerprint density at radius 2 is 1.91 bits per heavy atom. The number of anilines is 1. The lowest BCUT2D eigenvalue weighted by Gasteiger charge is -2.22. The number of carbonyl (C=O) groups excluding carboxylic acids is 2. The number of rotatable bonds is 4. The highest BCUT2D eigenvalue weighted by Gasteiger charge is 2.21. The van der Waals surface area contributed by atoms with Crippen LogP contribution < -0.4 is 15.4 Å². The first-order valence-corrected chi connectivity index (χ1v) is 7.14. The van der Waals surface area contributed by atoms with Gasteiger partial charge in [-0.1, -0.05) is 11.6 Å². The summed E-state index contributed by atoms with van der Waals surface area (Å²) in [6, 6.07) is 4.08. The van der Waals surface area contributed by atoms with Gasteiger partial charge in [-0.3, -0.25) is 4.79 Å². The second-order valence-corrected chi connectivity index (χ2v) is 6.14. The maximum atomic E-state index is 12.1. The Bertz CT molecular complexity index is 555. The first-order chi connectivity index (χ1) is 10.1. The van der Waals surface area contributed by atoms with Crippen molar-refractivity contribution < 1.29 is 19.1 Å².